The fourth-order valence-electron chi connectivity index (χ4n) is 2.77. The van der Waals surface area contributed by atoms with E-state index >= 15 is 0 Å². The Morgan fingerprint density at radius 1 is 1.35 bits per heavy atom. The van der Waals surface area contributed by atoms with Crippen molar-refractivity contribution < 1.29 is 14.3 Å². The molecule has 0 amide bonds. The molecule has 1 aliphatic rings. The molecule has 1 aromatic carbocycles. The number of aromatic nitrogens is 1. The molecule has 0 saturated heterocycles. The second-order valence-electron chi connectivity index (χ2n) is 5.56. The first-order valence-corrected chi connectivity index (χ1v) is 7.69. The fraction of sp³-hybridized carbons (Fsp3) is 0.333. The maximum absolute atomic E-state index is 12.2. The number of fused-ring (bicyclic) bond motifs is 1. The van der Waals surface area contributed by atoms with Gasteiger partial charge in [-0.3, -0.25) is 10.3 Å². The average Bonchev–Trinajstić information content (AvgIpc) is 3.07. The van der Waals surface area contributed by atoms with Crippen LogP contribution in [0.25, 0.3) is 0 Å². The van der Waals surface area contributed by atoms with Gasteiger partial charge < -0.3 is 9.47 Å². The normalized spacial score (nSPS) is 15.4. The summed E-state index contributed by atoms with van der Waals surface area (Å²) in [5.41, 5.74) is 2.89. The second kappa shape index (κ2) is 6.79. The van der Waals surface area contributed by atoms with Crippen LogP contribution in [0.3, 0.4) is 0 Å². The minimum absolute atomic E-state index is 0.0789. The van der Waals surface area contributed by atoms with Gasteiger partial charge in [0.05, 0.1) is 19.4 Å². The third-order valence-electron chi connectivity index (χ3n) is 4.03. The molecule has 0 radical (unpaired) electrons. The number of methoxy groups -OCH3 is 1. The molecule has 1 aliphatic heterocycles. The molecule has 23 heavy (non-hydrogen) atoms. The lowest BCUT2D eigenvalue weighted by Gasteiger charge is -2.22. The molecule has 0 spiro atoms. The van der Waals surface area contributed by atoms with E-state index in [-0.39, 0.29) is 12.0 Å². The van der Waals surface area contributed by atoms with Gasteiger partial charge >= 0.3 is 5.97 Å². The van der Waals surface area contributed by atoms with Crippen molar-refractivity contribution in [1.82, 2.24) is 10.3 Å². The third-order valence-corrected chi connectivity index (χ3v) is 4.03. The molecule has 3 rings (SSSR count). The van der Waals surface area contributed by atoms with Crippen molar-refractivity contribution in [3.63, 3.8) is 0 Å². The molecule has 5 heteroatoms. The first kappa shape index (κ1) is 15.5. The maximum atomic E-state index is 12.2. The molecule has 2 atom stereocenters. The predicted molar refractivity (Wildman–Crippen MR) is 86.2 cm³/mol. The van der Waals surface area contributed by atoms with E-state index in [1.807, 2.05) is 43.3 Å². The molecule has 0 aliphatic carbocycles. The van der Waals surface area contributed by atoms with E-state index in [1.165, 1.54) is 7.11 Å². The lowest BCUT2D eigenvalue weighted by Crippen LogP contribution is -2.32. The number of carbonyl (C=O) groups is 1. The SMILES string of the molecule is COC(=O)[C@H](N[C@@H](C)c1ccccn1)c1ccc2c(c1)CCO2. The number of carbonyl (C=O) groups excluding carboxylic acids is 1. The molecular formula is C18H20N2O3. The Morgan fingerprint density at radius 3 is 2.96 bits per heavy atom. The minimum atomic E-state index is -0.539. The number of hydrogen-bond acceptors (Lipinski definition) is 5. The van der Waals surface area contributed by atoms with Crippen molar-refractivity contribution in [2.24, 2.45) is 0 Å². The van der Waals surface area contributed by atoms with Crippen LogP contribution in [0.2, 0.25) is 0 Å². The Bertz CT molecular complexity index is 688. The van der Waals surface area contributed by atoms with Crippen molar-refractivity contribution in [2.75, 3.05) is 13.7 Å². The summed E-state index contributed by atoms with van der Waals surface area (Å²) in [6.45, 7) is 2.67. The number of pyridine rings is 1. The highest BCUT2D eigenvalue weighted by Crippen LogP contribution is 2.29. The number of esters is 1. The minimum Gasteiger partial charge on any atom is -0.493 e. The number of hydrogen-bond donors (Lipinski definition) is 1. The topological polar surface area (TPSA) is 60.5 Å². The number of rotatable bonds is 5. The van der Waals surface area contributed by atoms with Gasteiger partial charge in [-0.2, -0.15) is 0 Å². The van der Waals surface area contributed by atoms with Gasteiger partial charge in [0, 0.05) is 18.7 Å². The zero-order valence-electron chi connectivity index (χ0n) is 13.3. The van der Waals surface area contributed by atoms with Crippen LogP contribution in [-0.2, 0) is 16.0 Å². The van der Waals surface area contributed by atoms with Crippen LogP contribution >= 0.6 is 0 Å². The summed E-state index contributed by atoms with van der Waals surface area (Å²) in [5, 5.41) is 3.31. The van der Waals surface area contributed by atoms with Crippen LogP contribution in [0, 0.1) is 0 Å². The number of nitrogens with zero attached hydrogens (tertiary/aromatic N) is 1. The summed E-state index contributed by atoms with van der Waals surface area (Å²) >= 11 is 0. The monoisotopic (exact) mass is 312 g/mol. The molecule has 2 aromatic rings. The van der Waals surface area contributed by atoms with Crippen LogP contribution in [-0.4, -0.2) is 24.7 Å². The van der Waals surface area contributed by atoms with Gasteiger partial charge in [0.15, 0.2) is 0 Å². The number of benzene rings is 1. The van der Waals surface area contributed by atoms with Crippen molar-refractivity contribution in [3.8, 4) is 5.75 Å². The highest BCUT2D eigenvalue weighted by Gasteiger charge is 2.25. The Balaban J connectivity index is 1.85. The van der Waals surface area contributed by atoms with Crippen LogP contribution in [0.15, 0.2) is 42.6 Å². The molecule has 0 fully saturated rings. The predicted octanol–water partition coefficient (Wildman–Crippen LogP) is 2.58. The molecule has 1 aromatic heterocycles. The molecule has 0 saturated carbocycles. The smallest absolute Gasteiger partial charge is 0.327 e. The Labute approximate surface area is 135 Å². The summed E-state index contributed by atoms with van der Waals surface area (Å²) < 4.78 is 10.5. The van der Waals surface area contributed by atoms with Gasteiger partial charge in [0.2, 0.25) is 0 Å². The van der Waals surface area contributed by atoms with Crippen LogP contribution in [0.4, 0.5) is 0 Å². The molecule has 5 nitrogen and oxygen atoms in total. The Hall–Kier alpha value is -2.40. The number of ether oxygens (including phenoxy) is 2. The summed E-state index contributed by atoms with van der Waals surface area (Å²) in [4.78, 5) is 16.6. The third kappa shape index (κ3) is 3.35. The average molecular weight is 312 g/mol. The molecule has 2 heterocycles. The van der Waals surface area contributed by atoms with Gasteiger partial charge in [-0.05, 0) is 42.3 Å². The van der Waals surface area contributed by atoms with Crippen LogP contribution in [0.5, 0.6) is 5.75 Å². The highest BCUT2D eigenvalue weighted by atomic mass is 16.5. The molecule has 0 unspecified atom stereocenters. The van der Waals surface area contributed by atoms with E-state index in [0.29, 0.717) is 6.61 Å². The van der Waals surface area contributed by atoms with Crippen molar-refractivity contribution in [2.45, 2.75) is 25.4 Å². The van der Waals surface area contributed by atoms with Crippen molar-refractivity contribution >= 4 is 5.97 Å². The summed E-state index contributed by atoms with van der Waals surface area (Å²) in [6.07, 6.45) is 2.61. The van der Waals surface area contributed by atoms with E-state index in [1.54, 1.807) is 6.20 Å². The fourth-order valence-corrected chi connectivity index (χ4v) is 2.77. The van der Waals surface area contributed by atoms with E-state index in [0.717, 1.165) is 29.0 Å². The lowest BCUT2D eigenvalue weighted by molar-refractivity contribution is -0.143. The van der Waals surface area contributed by atoms with Gasteiger partial charge in [-0.25, -0.2) is 4.79 Å². The first-order valence-electron chi connectivity index (χ1n) is 7.69. The molecule has 0 bridgehead atoms. The van der Waals surface area contributed by atoms with E-state index < -0.39 is 6.04 Å². The van der Waals surface area contributed by atoms with E-state index in [4.69, 9.17) is 9.47 Å². The molecule has 120 valence electrons. The summed E-state index contributed by atoms with van der Waals surface area (Å²) in [7, 11) is 1.40. The van der Waals surface area contributed by atoms with E-state index in [9.17, 15) is 4.79 Å². The van der Waals surface area contributed by atoms with Gasteiger partial charge in [0.1, 0.15) is 11.8 Å². The van der Waals surface area contributed by atoms with Crippen LogP contribution < -0.4 is 10.1 Å². The standard InChI is InChI=1S/C18H20N2O3/c1-12(15-5-3-4-9-19-15)20-17(18(21)22-2)14-6-7-16-13(11-14)8-10-23-16/h3-7,9,11-12,17,20H,8,10H2,1-2H3/t12-,17+/m0/s1. The summed E-state index contributed by atoms with van der Waals surface area (Å²) in [5.74, 6) is 0.585. The number of nitrogens with one attached hydrogen (secondary N) is 1. The van der Waals surface area contributed by atoms with Crippen LogP contribution in [0.1, 0.15) is 35.8 Å². The zero-order chi connectivity index (χ0) is 16.2. The molecular weight excluding hydrogens is 292 g/mol. The maximum Gasteiger partial charge on any atom is 0.327 e. The van der Waals surface area contributed by atoms with Gasteiger partial charge in [0.25, 0.3) is 0 Å². The quantitative estimate of drug-likeness (QED) is 0.860. The van der Waals surface area contributed by atoms with Gasteiger partial charge in [-0.15, -0.1) is 0 Å². The second-order valence-corrected chi connectivity index (χ2v) is 5.56. The first-order chi connectivity index (χ1) is 11.2. The molecule has 1 N–H and O–H groups in total. The highest BCUT2D eigenvalue weighted by molar-refractivity contribution is 5.77. The van der Waals surface area contributed by atoms with Crippen molar-refractivity contribution in [1.29, 1.82) is 0 Å². The largest absolute Gasteiger partial charge is 0.493 e. The lowest BCUT2D eigenvalue weighted by atomic mass is 10.0. The Morgan fingerprint density at radius 2 is 2.22 bits per heavy atom. The van der Waals surface area contributed by atoms with Crippen molar-refractivity contribution in [3.05, 3.63) is 59.4 Å². The summed E-state index contributed by atoms with van der Waals surface area (Å²) in [6, 6.07) is 11.0. The Kier molecular flexibility index (Phi) is 4.57. The zero-order valence-corrected chi connectivity index (χ0v) is 13.3. The van der Waals surface area contributed by atoms with Gasteiger partial charge in [-0.1, -0.05) is 12.1 Å². The van der Waals surface area contributed by atoms with E-state index in [2.05, 4.69) is 10.3 Å².